The van der Waals surface area contributed by atoms with Crippen LogP contribution in [0.25, 0.3) is 0 Å². The predicted molar refractivity (Wildman–Crippen MR) is 114 cm³/mol. The fourth-order valence-corrected chi connectivity index (χ4v) is 4.34. The molecule has 1 aromatic carbocycles. The Morgan fingerprint density at radius 2 is 1.70 bits per heavy atom. The van der Waals surface area contributed by atoms with Crippen molar-refractivity contribution < 1.29 is 23.1 Å². The van der Waals surface area contributed by atoms with Crippen molar-refractivity contribution in [1.29, 1.82) is 0 Å². The summed E-state index contributed by atoms with van der Waals surface area (Å²) in [5.74, 6) is -1.86. The highest BCUT2D eigenvalue weighted by atomic mass is 35.5. The number of benzene rings is 1. The molecule has 0 saturated carbocycles. The molecule has 1 aromatic rings. The van der Waals surface area contributed by atoms with Crippen molar-refractivity contribution in [3.8, 4) is 0 Å². The number of rotatable bonds is 8. The third-order valence-electron chi connectivity index (χ3n) is 4.61. The fraction of sp³-hybridized carbons (Fsp3) is 0.444. The van der Waals surface area contributed by atoms with Crippen LogP contribution >= 0.6 is 23.2 Å². The van der Waals surface area contributed by atoms with E-state index in [0.29, 0.717) is 15.6 Å². The van der Waals surface area contributed by atoms with Crippen LogP contribution in [0.1, 0.15) is 5.56 Å². The van der Waals surface area contributed by atoms with Gasteiger partial charge in [-0.05, 0) is 23.8 Å². The molecule has 166 valence electrons. The first kappa shape index (κ1) is 24.4. The highest BCUT2D eigenvalue weighted by Gasteiger charge is 2.35. The quantitative estimate of drug-likeness (QED) is 0.607. The summed E-state index contributed by atoms with van der Waals surface area (Å²) in [7, 11) is 2.09. The second-order valence-electron chi connectivity index (χ2n) is 7.10. The van der Waals surface area contributed by atoms with Crippen molar-refractivity contribution in [2.45, 2.75) is 6.54 Å². The van der Waals surface area contributed by atoms with E-state index in [0.717, 1.165) is 8.61 Å². The summed E-state index contributed by atoms with van der Waals surface area (Å²) < 4.78 is 26.3. The number of hydrogen-bond donors (Lipinski definition) is 1. The topological polar surface area (TPSA) is 101 Å². The van der Waals surface area contributed by atoms with Crippen molar-refractivity contribution in [3.63, 3.8) is 0 Å². The number of amides is 2. The van der Waals surface area contributed by atoms with E-state index >= 15 is 0 Å². The Bertz CT molecular complexity index is 961. The van der Waals surface area contributed by atoms with E-state index in [1.54, 1.807) is 18.2 Å². The van der Waals surface area contributed by atoms with Crippen molar-refractivity contribution in [3.05, 3.63) is 45.1 Å². The smallest absolute Gasteiger partial charge is 0.289 e. The van der Waals surface area contributed by atoms with E-state index in [1.807, 2.05) is 0 Å². The molecule has 1 aliphatic heterocycles. The molecule has 0 saturated heterocycles. The lowest BCUT2D eigenvalue weighted by molar-refractivity contribution is -0.128. The Morgan fingerprint density at radius 3 is 2.23 bits per heavy atom. The lowest BCUT2D eigenvalue weighted by atomic mass is 10.2. The van der Waals surface area contributed by atoms with E-state index in [9.17, 15) is 23.1 Å². The molecular weight excluding hydrogens is 455 g/mol. The molecule has 2 amide bonds. The number of halogens is 2. The molecule has 9 nitrogen and oxygen atoms in total. The third kappa shape index (κ3) is 5.44. The largest absolute Gasteiger partial charge is 0.503 e. The number of aliphatic hydroxyl groups excluding tert-OH is 1. The molecule has 0 bridgehead atoms. The summed E-state index contributed by atoms with van der Waals surface area (Å²) in [5.41, 5.74) is 0.647. The number of carbonyl (C=O) groups is 2. The van der Waals surface area contributed by atoms with Gasteiger partial charge in [0.15, 0.2) is 5.76 Å². The molecule has 0 spiro atoms. The molecule has 1 N–H and O–H groups in total. The molecule has 2 rings (SSSR count). The van der Waals surface area contributed by atoms with Gasteiger partial charge < -0.3 is 14.9 Å². The summed E-state index contributed by atoms with van der Waals surface area (Å²) in [4.78, 5) is 27.6. The molecule has 0 unspecified atom stereocenters. The highest BCUT2D eigenvalue weighted by molar-refractivity contribution is 7.86. The summed E-state index contributed by atoms with van der Waals surface area (Å²) in [5, 5.41) is 11.0. The van der Waals surface area contributed by atoms with E-state index in [4.69, 9.17) is 23.2 Å². The third-order valence-corrected chi connectivity index (χ3v) is 6.94. The maximum atomic E-state index is 12.8. The van der Waals surface area contributed by atoms with Crippen molar-refractivity contribution >= 4 is 45.2 Å². The second-order valence-corrected chi connectivity index (χ2v) is 10.2. The summed E-state index contributed by atoms with van der Waals surface area (Å²) >= 11 is 12.0. The van der Waals surface area contributed by atoms with Crippen LogP contribution in [0.2, 0.25) is 10.0 Å². The van der Waals surface area contributed by atoms with Gasteiger partial charge in [-0.3, -0.25) is 9.59 Å². The first-order valence-electron chi connectivity index (χ1n) is 8.90. The van der Waals surface area contributed by atoms with Gasteiger partial charge in [0.25, 0.3) is 22.0 Å². The van der Waals surface area contributed by atoms with Crippen LogP contribution in [-0.2, 0) is 26.3 Å². The van der Waals surface area contributed by atoms with E-state index < -0.39 is 27.8 Å². The molecule has 30 heavy (non-hydrogen) atoms. The molecule has 12 heteroatoms. The van der Waals surface area contributed by atoms with Crippen LogP contribution in [0.5, 0.6) is 0 Å². The van der Waals surface area contributed by atoms with Crippen LogP contribution in [0.4, 0.5) is 0 Å². The minimum atomic E-state index is -3.63. The van der Waals surface area contributed by atoms with Crippen LogP contribution in [0, 0.1) is 0 Å². The van der Waals surface area contributed by atoms with E-state index in [-0.39, 0.29) is 31.8 Å². The maximum absolute atomic E-state index is 12.8. The van der Waals surface area contributed by atoms with E-state index in [2.05, 4.69) is 0 Å². The summed E-state index contributed by atoms with van der Waals surface area (Å²) in [6, 6.07) is 4.90. The van der Waals surface area contributed by atoms with Crippen molar-refractivity contribution in [2.75, 3.05) is 47.8 Å². The molecule has 0 aromatic heterocycles. The van der Waals surface area contributed by atoms with Gasteiger partial charge in [-0.25, -0.2) is 0 Å². The van der Waals surface area contributed by atoms with Gasteiger partial charge in [-0.2, -0.15) is 17.0 Å². The predicted octanol–water partition coefficient (Wildman–Crippen LogP) is 1.34. The first-order valence-corrected chi connectivity index (χ1v) is 11.1. The van der Waals surface area contributed by atoms with Gasteiger partial charge >= 0.3 is 0 Å². The molecule has 0 radical (unpaired) electrons. The van der Waals surface area contributed by atoms with Gasteiger partial charge in [0.1, 0.15) is 0 Å². The molecular formula is C18H24Cl2N4O5S. The fourth-order valence-electron chi connectivity index (χ4n) is 2.90. The van der Waals surface area contributed by atoms with Gasteiger partial charge in [0.2, 0.25) is 0 Å². The standard InChI is InChI=1S/C18H24Cl2N4O5S/c1-21(2)30(28,29)23(4)5-6-24-11-15(16(25)18(24)27)17(26)22(3)10-12-7-13(19)9-14(20)8-12/h7-9,25H,5-6,10-11H2,1-4H3. The Kier molecular flexibility index (Phi) is 7.75. The van der Waals surface area contributed by atoms with Crippen molar-refractivity contribution in [1.82, 2.24) is 18.4 Å². The van der Waals surface area contributed by atoms with Crippen LogP contribution in [0.3, 0.4) is 0 Å². The normalized spacial score (nSPS) is 14.9. The molecule has 1 heterocycles. The van der Waals surface area contributed by atoms with Gasteiger partial charge in [0, 0.05) is 57.9 Å². The zero-order valence-corrected chi connectivity index (χ0v) is 19.4. The van der Waals surface area contributed by atoms with Gasteiger partial charge in [-0.15, -0.1) is 0 Å². The van der Waals surface area contributed by atoms with Crippen LogP contribution < -0.4 is 0 Å². The average Bonchev–Trinajstić information content (AvgIpc) is 2.92. The Hall–Kier alpha value is -1.85. The lowest BCUT2D eigenvalue weighted by Gasteiger charge is -2.24. The van der Waals surface area contributed by atoms with Crippen molar-refractivity contribution in [2.24, 2.45) is 0 Å². The Balaban J connectivity index is 2.04. The van der Waals surface area contributed by atoms with Gasteiger partial charge in [0.05, 0.1) is 12.1 Å². The Labute approximate surface area is 186 Å². The number of nitrogens with zero attached hydrogens (tertiary/aromatic N) is 4. The molecule has 1 aliphatic rings. The minimum Gasteiger partial charge on any atom is -0.503 e. The number of aliphatic hydroxyl groups is 1. The van der Waals surface area contributed by atoms with Crippen LogP contribution in [0.15, 0.2) is 29.5 Å². The zero-order chi connectivity index (χ0) is 22.8. The monoisotopic (exact) mass is 478 g/mol. The SMILES string of the molecule is CN(Cc1cc(Cl)cc(Cl)c1)C(=O)C1=C(O)C(=O)N(CCN(C)S(=O)(=O)N(C)C)C1. The first-order chi connectivity index (χ1) is 13.8. The van der Waals surface area contributed by atoms with Crippen LogP contribution in [-0.4, -0.2) is 91.6 Å². The number of likely N-dealkylation sites (N-methyl/N-ethyl adjacent to an activating group) is 2. The molecule has 0 aliphatic carbocycles. The number of hydrogen-bond acceptors (Lipinski definition) is 5. The highest BCUT2D eigenvalue weighted by Crippen LogP contribution is 2.22. The lowest BCUT2D eigenvalue weighted by Crippen LogP contribution is -2.42. The van der Waals surface area contributed by atoms with E-state index in [1.165, 1.54) is 38.0 Å². The maximum Gasteiger partial charge on any atom is 0.289 e. The van der Waals surface area contributed by atoms with Gasteiger partial charge in [-0.1, -0.05) is 23.2 Å². The number of carbonyl (C=O) groups excluding carboxylic acids is 2. The second kappa shape index (κ2) is 9.52. The molecule has 0 fully saturated rings. The summed E-state index contributed by atoms with van der Waals surface area (Å²) in [6.45, 7) is 0.0998. The average molecular weight is 479 g/mol. The minimum absolute atomic E-state index is 0.0118. The summed E-state index contributed by atoms with van der Waals surface area (Å²) in [6.07, 6.45) is 0. The Morgan fingerprint density at radius 1 is 1.13 bits per heavy atom. The zero-order valence-electron chi connectivity index (χ0n) is 17.1. The molecule has 0 atom stereocenters.